The first-order chi connectivity index (χ1) is 12.0. The summed E-state index contributed by atoms with van der Waals surface area (Å²) in [6, 6.07) is 2.26. The van der Waals surface area contributed by atoms with E-state index in [2.05, 4.69) is 20.2 Å². The van der Waals surface area contributed by atoms with Crippen LogP contribution >= 0.6 is 0 Å². The average molecular weight is 347 g/mol. The SMILES string of the molecule is O=C(c1cnco1)N1CC(F)(F)C[C@H]1c1nnc(-c2ccncc2)o1. The van der Waals surface area contributed by atoms with Gasteiger partial charge in [-0.25, -0.2) is 13.8 Å². The third kappa shape index (κ3) is 2.86. The zero-order valence-corrected chi connectivity index (χ0v) is 12.7. The Balaban J connectivity index is 1.65. The number of nitrogens with zero attached hydrogens (tertiary/aromatic N) is 5. The van der Waals surface area contributed by atoms with Crippen LogP contribution in [0.15, 0.2) is 46.0 Å². The van der Waals surface area contributed by atoms with E-state index in [1.165, 1.54) is 6.20 Å². The molecule has 1 saturated heterocycles. The Kier molecular flexibility index (Phi) is 3.52. The molecule has 4 rings (SSSR count). The third-order valence-electron chi connectivity index (χ3n) is 3.83. The van der Waals surface area contributed by atoms with Crippen LogP contribution in [-0.4, -0.2) is 43.4 Å². The van der Waals surface area contributed by atoms with Crippen LogP contribution in [0, 0.1) is 0 Å². The third-order valence-corrected chi connectivity index (χ3v) is 3.83. The number of hydrogen-bond acceptors (Lipinski definition) is 7. The molecular weight excluding hydrogens is 336 g/mol. The van der Waals surface area contributed by atoms with Gasteiger partial charge in [0.25, 0.3) is 11.8 Å². The van der Waals surface area contributed by atoms with E-state index in [1.54, 1.807) is 24.5 Å². The maximum atomic E-state index is 13.9. The van der Waals surface area contributed by atoms with Gasteiger partial charge < -0.3 is 13.7 Å². The lowest BCUT2D eigenvalue weighted by atomic mass is 10.2. The minimum absolute atomic E-state index is 0.0585. The van der Waals surface area contributed by atoms with Crippen LogP contribution in [0.1, 0.15) is 28.9 Å². The molecule has 1 fully saturated rings. The number of pyridine rings is 1. The molecule has 0 N–H and O–H groups in total. The van der Waals surface area contributed by atoms with Crippen molar-refractivity contribution in [1.29, 1.82) is 0 Å². The fourth-order valence-electron chi connectivity index (χ4n) is 2.69. The Labute approximate surface area is 139 Å². The molecule has 0 spiro atoms. The molecule has 128 valence electrons. The number of carbonyl (C=O) groups is 1. The van der Waals surface area contributed by atoms with Crippen molar-refractivity contribution in [3.63, 3.8) is 0 Å². The average Bonchev–Trinajstić information content (AvgIpc) is 3.34. The van der Waals surface area contributed by atoms with Gasteiger partial charge in [-0.1, -0.05) is 0 Å². The van der Waals surface area contributed by atoms with E-state index < -0.39 is 30.8 Å². The van der Waals surface area contributed by atoms with Crippen molar-refractivity contribution >= 4 is 5.91 Å². The smallest absolute Gasteiger partial charge is 0.292 e. The molecule has 4 heterocycles. The van der Waals surface area contributed by atoms with Crippen molar-refractivity contribution in [3.05, 3.63) is 48.8 Å². The first kappa shape index (κ1) is 15.4. The van der Waals surface area contributed by atoms with Gasteiger partial charge >= 0.3 is 0 Å². The molecule has 10 heteroatoms. The predicted molar refractivity (Wildman–Crippen MR) is 77.4 cm³/mol. The molecule has 3 aromatic heterocycles. The number of oxazole rings is 1. The summed E-state index contributed by atoms with van der Waals surface area (Å²) in [4.78, 5) is 20.9. The summed E-state index contributed by atoms with van der Waals surface area (Å²) < 4.78 is 38.3. The molecule has 8 nitrogen and oxygen atoms in total. The van der Waals surface area contributed by atoms with E-state index in [0.717, 1.165) is 11.3 Å². The molecule has 3 aromatic rings. The molecular formula is C15H11F2N5O3. The van der Waals surface area contributed by atoms with E-state index in [0.29, 0.717) is 5.56 Å². The number of alkyl halides is 2. The van der Waals surface area contributed by atoms with Gasteiger partial charge in [-0.2, -0.15) is 0 Å². The minimum atomic E-state index is -3.06. The van der Waals surface area contributed by atoms with Crippen molar-refractivity contribution in [2.75, 3.05) is 6.54 Å². The van der Waals surface area contributed by atoms with E-state index in [1.807, 2.05) is 0 Å². The topological polar surface area (TPSA) is 98.2 Å². The van der Waals surface area contributed by atoms with E-state index >= 15 is 0 Å². The van der Waals surface area contributed by atoms with Crippen LogP contribution in [0.3, 0.4) is 0 Å². The summed E-state index contributed by atoms with van der Waals surface area (Å²) in [5, 5.41) is 7.72. The van der Waals surface area contributed by atoms with Crippen LogP contribution in [-0.2, 0) is 0 Å². The maximum absolute atomic E-state index is 13.9. The number of aromatic nitrogens is 4. The van der Waals surface area contributed by atoms with Gasteiger partial charge in [-0.15, -0.1) is 10.2 Å². The fourth-order valence-corrected chi connectivity index (χ4v) is 2.69. The standard InChI is InChI=1S/C15H11F2N5O3/c16-15(17)5-10(22(7-15)14(23)11-6-19-8-24-11)13-21-20-12(25-13)9-1-3-18-4-2-9/h1-4,6,8,10H,5,7H2/t10-/m0/s1. The lowest BCUT2D eigenvalue weighted by molar-refractivity contribution is 0.0113. The lowest BCUT2D eigenvalue weighted by Gasteiger charge is -2.19. The quantitative estimate of drug-likeness (QED) is 0.717. The van der Waals surface area contributed by atoms with Gasteiger partial charge in [0.15, 0.2) is 6.39 Å². The molecule has 0 aliphatic carbocycles. The molecule has 0 saturated carbocycles. The molecule has 25 heavy (non-hydrogen) atoms. The van der Waals surface area contributed by atoms with E-state index in [-0.39, 0.29) is 17.5 Å². The zero-order valence-electron chi connectivity index (χ0n) is 12.7. The van der Waals surface area contributed by atoms with Crippen LogP contribution in [0.2, 0.25) is 0 Å². The van der Waals surface area contributed by atoms with E-state index in [4.69, 9.17) is 8.83 Å². The number of rotatable bonds is 3. The second kappa shape index (κ2) is 5.72. The molecule has 1 aliphatic heterocycles. The Hall–Kier alpha value is -3.17. The van der Waals surface area contributed by atoms with E-state index in [9.17, 15) is 13.6 Å². The summed E-state index contributed by atoms with van der Waals surface area (Å²) in [6.45, 7) is -0.760. The predicted octanol–water partition coefficient (Wildman–Crippen LogP) is 2.34. The molecule has 0 bridgehead atoms. The van der Waals surface area contributed by atoms with Crippen molar-refractivity contribution < 1.29 is 22.4 Å². The molecule has 1 aliphatic rings. The number of likely N-dealkylation sites (tertiary alicyclic amines) is 1. The van der Waals surface area contributed by atoms with Crippen LogP contribution in [0.5, 0.6) is 0 Å². The number of halogens is 2. The first-order valence-electron chi connectivity index (χ1n) is 7.34. The highest BCUT2D eigenvalue weighted by atomic mass is 19.3. The normalized spacial score (nSPS) is 19.3. The Morgan fingerprint density at radius 2 is 2.04 bits per heavy atom. The van der Waals surface area contributed by atoms with Gasteiger partial charge in [-0.05, 0) is 12.1 Å². The molecule has 0 aromatic carbocycles. The Bertz CT molecular complexity index is 882. The lowest BCUT2D eigenvalue weighted by Crippen LogP contribution is -2.32. The van der Waals surface area contributed by atoms with Gasteiger partial charge in [0.05, 0.1) is 12.7 Å². The minimum Gasteiger partial charge on any atom is -0.438 e. The van der Waals surface area contributed by atoms with Crippen molar-refractivity contribution in [1.82, 2.24) is 25.1 Å². The highest BCUT2D eigenvalue weighted by Crippen LogP contribution is 2.41. The van der Waals surface area contributed by atoms with Crippen LogP contribution in [0.25, 0.3) is 11.5 Å². The zero-order chi connectivity index (χ0) is 17.4. The summed E-state index contributed by atoms with van der Waals surface area (Å²) in [5.41, 5.74) is 0.603. The number of hydrogen-bond donors (Lipinski definition) is 0. The highest BCUT2D eigenvalue weighted by Gasteiger charge is 2.50. The van der Waals surface area contributed by atoms with Crippen LogP contribution < -0.4 is 0 Å². The highest BCUT2D eigenvalue weighted by molar-refractivity contribution is 5.91. The Morgan fingerprint density at radius 1 is 1.24 bits per heavy atom. The summed E-state index contributed by atoms with van der Waals surface area (Å²) >= 11 is 0. The maximum Gasteiger partial charge on any atom is 0.292 e. The van der Waals surface area contributed by atoms with Crippen LogP contribution in [0.4, 0.5) is 8.78 Å². The Morgan fingerprint density at radius 3 is 2.76 bits per heavy atom. The summed E-state index contributed by atoms with van der Waals surface area (Å²) in [5.74, 6) is -3.79. The fraction of sp³-hybridized carbons (Fsp3) is 0.267. The van der Waals surface area contributed by atoms with Gasteiger partial charge in [0.1, 0.15) is 6.04 Å². The molecule has 1 atom stereocenters. The number of amides is 1. The van der Waals surface area contributed by atoms with Gasteiger partial charge in [0.2, 0.25) is 17.5 Å². The monoisotopic (exact) mass is 347 g/mol. The summed E-state index contributed by atoms with van der Waals surface area (Å²) in [7, 11) is 0. The first-order valence-corrected chi connectivity index (χ1v) is 7.34. The van der Waals surface area contributed by atoms with Crippen molar-refractivity contribution in [3.8, 4) is 11.5 Å². The second-order valence-electron chi connectivity index (χ2n) is 5.56. The van der Waals surface area contributed by atoms with Gasteiger partial charge in [-0.3, -0.25) is 9.78 Å². The van der Waals surface area contributed by atoms with Crippen molar-refractivity contribution in [2.45, 2.75) is 18.4 Å². The largest absolute Gasteiger partial charge is 0.438 e. The molecule has 0 radical (unpaired) electrons. The second-order valence-corrected chi connectivity index (χ2v) is 5.56. The number of carbonyl (C=O) groups excluding carboxylic acids is 1. The van der Waals surface area contributed by atoms with Gasteiger partial charge in [0, 0.05) is 24.4 Å². The van der Waals surface area contributed by atoms with Crippen molar-refractivity contribution in [2.24, 2.45) is 0 Å². The summed E-state index contributed by atoms with van der Waals surface area (Å²) in [6.07, 6.45) is 4.72. The molecule has 0 unspecified atom stereocenters. The molecule has 1 amide bonds.